The van der Waals surface area contributed by atoms with Crippen LogP contribution in [0.4, 0.5) is 9.52 Å². The fraction of sp³-hybridized carbons (Fsp3) is 0. The summed E-state index contributed by atoms with van der Waals surface area (Å²) in [7, 11) is 0. The number of phenols is 1. The summed E-state index contributed by atoms with van der Waals surface area (Å²) in [5, 5.41) is 12.1. The first-order chi connectivity index (χ1) is 8.08. The first-order valence-corrected chi connectivity index (χ1v) is 6.09. The predicted octanol–water partition coefficient (Wildman–Crippen LogP) is 3.00. The molecule has 0 bridgehead atoms. The third-order valence-electron chi connectivity index (χ3n) is 1.92. The number of hydrogen-bond donors (Lipinski definition) is 2. The molecule has 7 heteroatoms. The summed E-state index contributed by atoms with van der Waals surface area (Å²) in [6.07, 6.45) is 1.52. The Morgan fingerprint density at radius 2 is 2.29 bits per heavy atom. The standard InChI is InChI=1S/C10H6BrFN2O2S/c11-7-4-13-10(17-7)14-9(16)8-5(12)2-1-3-6(8)15/h1-4,15H,(H,13,14,16). The monoisotopic (exact) mass is 316 g/mol. The average molecular weight is 317 g/mol. The van der Waals surface area contributed by atoms with Gasteiger partial charge in [0.2, 0.25) is 0 Å². The number of phenolic OH excluding ortho intramolecular Hbond substituents is 1. The van der Waals surface area contributed by atoms with E-state index in [2.05, 4.69) is 26.2 Å². The molecule has 0 radical (unpaired) electrons. The van der Waals surface area contributed by atoms with Crippen molar-refractivity contribution in [2.45, 2.75) is 0 Å². The van der Waals surface area contributed by atoms with E-state index in [1.807, 2.05) is 0 Å². The summed E-state index contributed by atoms with van der Waals surface area (Å²) in [4.78, 5) is 15.6. The van der Waals surface area contributed by atoms with Gasteiger partial charge in [-0.25, -0.2) is 9.37 Å². The molecule has 1 aromatic carbocycles. The van der Waals surface area contributed by atoms with Crippen molar-refractivity contribution < 1.29 is 14.3 Å². The number of rotatable bonds is 2. The summed E-state index contributed by atoms with van der Waals surface area (Å²) in [6.45, 7) is 0. The van der Waals surface area contributed by atoms with E-state index in [-0.39, 0.29) is 5.56 Å². The molecule has 2 N–H and O–H groups in total. The van der Waals surface area contributed by atoms with Crippen LogP contribution in [0.5, 0.6) is 5.75 Å². The molecule has 1 aromatic heterocycles. The van der Waals surface area contributed by atoms with Crippen LogP contribution in [0.1, 0.15) is 10.4 Å². The Hall–Kier alpha value is -1.47. The van der Waals surface area contributed by atoms with E-state index in [9.17, 15) is 14.3 Å². The van der Waals surface area contributed by atoms with Crippen LogP contribution < -0.4 is 5.32 Å². The number of amides is 1. The molecule has 0 spiro atoms. The van der Waals surface area contributed by atoms with Gasteiger partial charge in [0.15, 0.2) is 5.13 Å². The van der Waals surface area contributed by atoms with Gasteiger partial charge in [-0.1, -0.05) is 17.4 Å². The highest BCUT2D eigenvalue weighted by molar-refractivity contribution is 9.11. The van der Waals surface area contributed by atoms with Crippen LogP contribution in [0.2, 0.25) is 0 Å². The van der Waals surface area contributed by atoms with Crippen molar-refractivity contribution in [1.29, 1.82) is 0 Å². The Morgan fingerprint density at radius 1 is 1.53 bits per heavy atom. The SMILES string of the molecule is O=C(Nc1ncc(Br)s1)c1c(O)cccc1F. The fourth-order valence-corrected chi connectivity index (χ4v) is 2.31. The summed E-state index contributed by atoms with van der Waals surface area (Å²) in [6, 6.07) is 3.67. The van der Waals surface area contributed by atoms with Crippen molar-refractivity contribution in [2.24, 2.45) is 0 Å². The third-order valence-corrected chi connectivity index (χ3v) is 3.31. The molecule has 0 saturated heterocycles. The molecule has 0 aliphatic heterocycles. The smallest absolute Gasteiger partial charge is 0.264 e. The van der Waals surface area contributed by atoms with E-state index >= 15 is 0 Å². The summed E-state index contributed by atoms with van der Waals surface area (Å²) < 4.78 is 14.1. The van der Waals surface area contributed by atoms with Crippen LogP contribution in [0.25, 0.3) is 0 Å². The lowest BCUT2D eigenvalue weighted by Crippen LogP contribution is -2.13. The predicted molar refractivity (Wildman–Crippen MR) is 65.8 cm³/mol. The average Bonchev–Trinajstić information content (AvgIpc) is 2.63. The van der Waals surface area contributed by atoms with E-state index in [0.717, 1.165) is 9.85 Å². The Kier molecular flexibility index (Phi) is 3.39. The van der Waals surface area contributed by atoms with Crippen molar-refractivity contribution in [3.05, 3.63) is 39.6 Å². The highest BCUT2D eigenvalue weighted by atomic mass is 79.9. The Morgan fingerprint density at radius 3 is 2.88 bits per heavy atom. The van der Waals surface area contributed by atoms with Crippen LogP contribution in [-0.4, -0.2) is 16.0 Å². The molecule has 4 nitrogen and oxygen atoms in total. The molecular formula is C10H6BrFN2O2S. The molecule has 0 atom stereocenters. The second-order valence-electron chi connectivity index (χ2n) is 3.06. The van der Waals surface area contributed by atoms with Gasteiger partial charge in [0.1, 0.15) is 17.1 Å². The molecule has 0 fully saturated rings. The van der Waals surface area contributed by atoms with Crippen molar-refractivity contribution in [1.82, 2.24) is 4.98 Å². The van der Waals surface area contributed by atoms with Gasteiger partial charge in [0.05, 0.1) is 9.98 Å². The van der Waals surface area contributed by atoms with Gasteiger partial charge < -0.3 is 5.11 Å². The molecule has 2 rings (SSSR count). The number of nitrogens with one attached hydrogen (secondary N) is 1. The molecule has 0 aliphatic carbocycles. The van der Waals surface area contributed by atoms with E-state index < -0.39 is 17.5 Å². The zero-order valence-corrected chi connectivity index (χ0v) is 10.7. The van der Waals surface area contributed by atoms with Gasteiger partial charge in [0.25, 0.3) is 5.91 Å². The molecule has 88 valence electrons. The number of benzene rings is 1. The maximum absolute atomic E-state index is 13.4. The minimum Gasteiger partial charge on any atom is -0.507 e. The van der Waals surface area contributed by atoms with Gasteiger partial charge in [-0.2, -0.15) is 0 Å². The third kappa shape index (κ3) is 2.62. The zero-order chi connectivity index (χ0) is 12.4. The number of aromatic nitrogens is 1. The van der Waals surface area contributed by atoms with Crippen LogP contribution in [0, 0.1) is 5.82 Å². The Bertz CT molecular complexity index is 553. The highest BCUT2D eigenvalue weighted by Crippen LogP contribution is 2.25. The summed E-state index contributed by atoms with van der Waals surface area (Å²) in [5.74, 6) is -1.92. The number of carbonyl (C=O) groups is 1. The number of hydrogen-bond acceptors (Lipinski definition) is 4. The first-order valence-electron chi connectivity index (χ1n) is 4.48. The lowest BCUT2D eigenvalue weighted by atomic mass is 10.2. The Balaban J connectivity index is 2.26. The number of thiazole rings is 1. The van der Waals surface area contributed by atoms with Gasteiger partial charge in [-0.05, 0) is 28.1 Å². The summed E-state index contributed by atoms with van der Waals surface area (Å²) >= 11 is 4.38. The largest absolute Gasteiger partial charge is 0.507 e. The van der Waals surface area contributed by atoms with E-state index in [1.165, 1.54) is 29.7 Å². The van der Waals surface area contributed by atoms with E-state index in [4.69, 9.17) is 0 Å². The zero-order valence-electron chi connectivity index (χ0n) is 8.28. The molecule has 2 aromatic rings. The molecular weight excluding hydrogens is 311 g/mol. The van der Waals surface area contributed by atoms with Crippen LogP contribution in [-0.2, 0) is 0 Å². The van der Waals surface area contributed by atoms with E-state index in [0.29, 0.717) is 5.13 Å². The lowest BCUT2D eigenvalue weighted by molar-refractivity contribution is 0.102. The maximum Gasteiger partial charge on any atom is 0.264 e. The lowest BCUT2D eigenvalue weighted by Gasteiger charge is -2.04. The van der Waals surface area contributed by atoms with Gasteiger partial charge >= 0.3 is 0 Å². The fourth-order valence-electron chi connectivity index (χ4n) is 1.21. The normalized spacial score (nSPS) is 10.2. The highest BCUT2D eigenvalue weighted by Gasteiger charge is 2.17. The van der Waals surface area contributed by atoms with Crippen LogP contribution in [0.3, 0.4) is 0 Å². The quantitative estimate of drug-likeness (QED) is 0.895. The van der Waals surface area contributed by atoms with Crippen molar-refractivity contribution in [3.63, 3.8) is 0 Å². The number of aromatic hydroxyl groups is 1. The number of anilines is 1. The molecule has 0 saturated carbocycles. The molecule has 0 unspecified atom stereocenters. The molecule has 1 heterocycles. The van der Waals surface area contributed by atoms with Crippen molar-refractivity contribution in [3.8, 4) is 5.75 Å². The minimum atomic E-state index is -0.780. The maximum atomic E-state index is 13.4. The molecule has 0 aliphatic rings. The molecule has 1 amide bonds. The van der Waals surface area contributed by atoms with Gasteiger partial charge in [0, 0.05) is 0 Å². The van der Waals surface area contributed by atoms with Crippen molar-refractivity contribution in [2.75, 3.05) is 5.32 Å². The van der Waals surface area contributed by atoms with Crippen molar-refractivity contribution >= 4 is 38.3 Å². The number of carbonyl (C=O) groups excluding carboxylic acids is 1. The first kappa shape index (κ1) is 12.0. The summed E-state index contributed by atoms with van der Waals surface area (Å²) in [5.41, 5.74) is -0.390. The Labute approximate surface area is 108 Å². The second-order valence-corrected chi connectivity index (χ2v) is 5.47. The topological polar surface area (TPSA) is 62.2 Å². The minimum absolute atomic E-state index is 0.324. The second kappa shape index (κ2) is 4.80. The van der Waals surface area contributed by atoms with E-state index in [1.54, 1.807) is 0 Å². The van der Waals surface area contributed by atoms with Gasteiger partial charge in [-0.15, -0.1) is 0 Å². The molecule has 17 heavy (non-hydrogen) atoms. The van der Waals surface area contributed by atoms with Crippen LogP contribution in [0.15, 0.2) is 28.2 Å². The number of halogens is 2. The van der Waals surface area contributed by atoms with Gasteiger partial charge in [-0.3, -0.25) is 10.1 Å². The van der Waals surface area contributed by atoms with Crippen LogP contribution >= 0.6 is 27.3 Å². The number of nitrogens with zero attached hydrogens (tertiary/aromatic N) is 1.